The van der Waals surface area contributed by atoms with Crippen LogP contribution in [0.5, 0.6) is 5.75 Å². The zero-order valence-electron chi connectivity index (χ0n) is 10.2. The van der Waals surface area contributed by atoms with Crippen molar-refractivity contribution in [1.82, 2.24) is 5.43 Å². The minimum Gasteiger partial charge on any atom is -0.496 e. The summed E-state index contributed by atoms with van der Waals surface area (Å²) in [4.78, 5) is 0. The van der Waals surface area contributed by atoms with Crippen LogP contribution in [-0.4, -0.2) is 7.11 Å². The fourth-order valence-electron chi connectivity index (χ4n) is 1.94. The predicted molar refractivity (Wildman–Crippen MR) is 70.6 cm³/mol. The molecule has 0 fully saturated rings. The second-order valence-corrected chi connectivity index (χ2v) is 4.34. The zero-order chi connectivity index (χ0) is 13.1. The molecule has 0 aliphatic rings. The van der Waals surface area contributed by atoms with Gasteiger partial charge in [-0.3, -0.25) is 5.84 Å². The lowest BCUT2D eigenvalue weighted by Gasteiger charge is -2.18. The fourth-order valence-corrected chi connectivity index (χ4v) is 2.16. The minimum atomic E-state index is -0.272. The van der Waals surface area contributed by atoms with Gasteiger partial charge in [0.05, 0.1) is 19.4 Å². The molecule has 0 spiro atoms. The molecule has 1 aromatic carbocycles. The molecule has 2 rings (SSSR count). The first kappa shape index (κ1) is 13.0. The Balaban J connectivity index is 2.51. The maximum absolute atomic E-state index is 6.00. The summed E-state index contributed by atoms with van der Waals surface area (Å²) in [5.74, 6) is 6.38. The van der Waals surface area contributed by atoms with Gasteiger partial charge in [-0.15, -0.1) is 0 Å². The van der Waals surface area contributed by atoms with E-state index in [4.69, 9.17) is 26.6 Å². The van der Waals surface area contributed by atoms with Crippen molar-refractivity contribution in [3.8, 4) is 5.75 Å². The molecule has 3 N–H and O–H groups in total. The van der Waals surface area contributed by atoms with Gasteiger partial charge in [0.2, 0.25) is 0 Å². The Morgan fingerprint density at radius 1 is 1.33 bits per heavy atom. The number of ether oxygens (including phenoxy) is 1. The monoisotopic (exact) mass is 266 g/mol. The molecular formula is C13H15ClN2O2. The minimum absolute atomic E-state index is 0.272. The van der Waals surface area contributed by atoms with Crippen LogP contribution in [0.1, 0.15) is 22.7 Å². The third kappa shape index (κ3) is 2.36. The molecule has 0 bridgehead atoms. The zero-order valence-corrected chi connectivity index (χ0v) is 11.0. The summed E-state index contributed by atoms with van der Waals surface area (Å²) < 4.78 is 10.5. The number of rotatable bonds is 4. The SMILES string of the molecule is COc1ccc(C)cc1C(NN)c1ccoc1Cl. The van der Waals surface area contributed by atoms with Crippen LogP contribution < -0.4 is 16.0 Å². The lowest BCUT2D eigenvalue weighted by molar-refractivity contribution is 0.404. The molecule has 2 aromatic rings. The molecule has 0 saturated carbocycles. The summed E-state index contributed by atoms with van der Waals surface area (Å²) in [6.07, 6.45) is 1.53. The number of halogens is 1. The number of hydrogen-bond donors (Lipinski definition) is 2. The van der Waals surface area contributed by atoms with Crippen LogP contribution >= 0.6 is 11.6 Å². The van der Waals surface area contributed by atoms with Crippen LogP contribution in [0.25, 0.3) is 0 Å². The Kier molecular flexibility index (Phi) is 3.91. The van der Waals surface area contributed by atoms with Crippen LogP contribution in [0.15, 0.2) is 34.9 Å². The van der Waals surface area contributed by atoms with Crippen LogP contribution in [0.3, 0.4) is 0 Å². The van der Waals surface area contributed by atoms with Crippen molar-refractivity contribution < 1.29 is 9.15 Å². The van der Waals surface area contributed by atoms with E-state index in [1.165, 1.54) is 6.26 Å². The Morgan fingerprint density at radius 3 is 2.67 bits per heavy atom. The predicted octanol–water partition coefficient (Wildman–Crippen LogP) is 2.80. The van der Waals surface area contributed by atoms with E-state index in [1.54, 1.807) is 13.2 Å². The molecule has 18 heavy (non-hydrogen) atoms. The van der Waals surface area contributed by atoms with Gasteiger partial charge >= 0.3 is 0 Å². The van der Waals surface area contributed by atoms with E-state index < -0.39 is 0 Å². The highest BCUT2D eigenvalue weighted by Gasteiger charge is 2.21. The number of hydrogen-bond acceptors (Lipinski definition) is 4. The van der Waals surface area contributed by atoms with Crippen LogP contribution in [-0.2, 0) is 0 Å². The topological polar surface area (TPSA) is 60.4 Å². The van der Waals surface area contributed by atoms with Gasteiger partial charge < -0.3 is 9.15 Å². The quantitative estimate of drug-likeness (QED) is 0.660. The largest absolute Gasteiger partial charge is 0.496 e. The molecule has 0 aliphatic heterocycles. The first-order valence-electron chi connectivity index (χ1n) is 5.51. The molecule has 5 heteroatoms. The molecule has 1 aromatic heterocycles. The maximum atomic E-state index is 6.00. The molecular weight excluding hydrogens is 252 g/mol. The molecule has 0 aliphatic carbocycles. The number of nitrogens with one attached hydrogen (secondary N) is 1. The standard InChI is InChI=1S/C13H15ClN2O2/c1-8-3-4-11(17-2)10(7-8)12(16-15)9-5-6-18-13(9)14/h3-7,12,16H,15H2,1-2H3. The molecule has 0 radical (unpaired) electrons. The molecule has 0 amide bonds. The summed E-state index contributed by atoms with van der Waals surface area (Å²) in [7, 11) is 1.62. The molecule has 1 unspecified atom stereocenters. The molecule has 0 saturated heterocycles. The average Bonchev–Trinajstić information content (AvgIpc) is 2.77. The second kappa shape index (κ2) is 5.44. The van der Waals surface area contributed by atoms with Gasteiger partial charge in [-0.1, -0.05) is 17.7 Å². The van der Waals surface area contributed by atoms with Gasteiger partial charge in [0.1, 0.15) is 5.75 Å². The lowest BCUT2D eigenvalue weighted by Crippen LogP contribution is -2.29. The fraction of sp³-hybridized carbons (Fsp3) is 0.231. The van der Waals surface area contributed by atoms with Crippen molar-refractivity contribution in [3.63, 3.8) is 0 Å². The number of aryl methyl sites for hydroxylation is 1. The summed E-state index contributed by atoms with van der Waals surface area (Å²) >= 11 is 6.00. The van der Waals surface area contributed by atoms with Gasteiger partial charge in [0.25, 0.3) is 0 Å². The van der Waals surface area contributed by atoms with Gasteiger partial charge in [0.15, 0.2) is 5.22 Å². The second-order valence-electron chi connectivity index (χ2n) is 3.99. The third-order valence-corrected chi connectivity index (χ3v) is 3.13. The molecule has 4 nitrogen and oxygen atoms in total. The summed E-state index contributed by atoms with van der Waals surface area (Å²) in [6.45, 7) is 2.01. The van der Waals surface area contributed by atoms with Crippen molar-refractivity contribution in [1.29, 1.82) is 0 Å². The number of hydrazine groups is 1. The first-order valence-corrected chi connectivity index (χ1v) is 5.88. The van der Waals surface area contributed by atoms with Gasteiger partial charge in [-0.05, 0) is 30.7 Å². The van der Waals surface area contributed by atoms with Crippen molar-refractivity contribution in [2.75, 3.05) is 7.11 Å². The van der Waals surface area contributed by atoms with Crippen LogP contribution in [0.2, 0.25) is 5.22 Å². The van der Waals surface area contributed by atoms with Gasteiger partial charge in [0, 0.05) is 11.1 Å². The average molecular weight is 267 g/mol. The van der Waals surface area contributed by atoms with Crippen LogP contribution in [0.4, 0.5) is 0 Å². The molecule has 1 atom stereocenters. The van der Waals surface area contributed by atoms with Gasteiger partial charge in [-0.25, -0.2) is 5.43 Å². The Hall–Kier alpha value is -1.49. The van der Waals surface area contributed by atoms with E-state index in [9.17, 15) is 0 Å². The van der Waals surface area contributed by atoms with Crippen LogP contribution in [0, 0.1) is 6.92 Å². The molecule has 1 heterocycles. The number of furan rings is 1. The third-order valence-electron chi connectivity index (χ3n) is 2.82. The highest BCUT2D eigenvalue weighted by atomic mass is 35.5. The Morgan fingerprint density at radius 2 is 2.11 bits per heavy atom. The van der Waals surface area contributed by atoms with Crippen molar-refractivity contribution in [3.05, 3.63) is 52.4 Å². The Bertz CT molecular complexity index is 540. The summed E-state index contributed by atoms with van der Waals surface area (Å²) in [5.41, 5.74) is 5.56. The smallest absolute Gasteiger partial charge is 0.198 e. The number of methoxy groups -OCH3 is 1. The van der Waals surface area contributed by atoms with E-state index in [1.807, 2.05) is 25.1 Å². The maximum Gasteiger partial charge on any atom is 0.198 e. The Labute approximate surface area is 111 Å². The lowest BCUT2D eigenvalue weighted by atomic mass is 9.99. The number of benzene rings is 1. The van der Waals surface area contributed by atoms with E-state index in [-0.39, 0.29) is 6.04 Å². The van der Waals surface area contributed by atoms with E-state index in [0.717, 1.165) is 22.4 Å². The van der Waals surface area contributed by atoms with Crippen molar-refractivity contribution in [2.45, 2.75) is 13.0 Å². The normalized spacial score (nSPS) is 12.4. The van der Waals surface area contributed by atoms with E-state index in [2.05, 4.69) is 5.43 Å². The van der Waals surface area contributed by atoms with Crippen molar-refractivity contribution in [2.24, 2.45) is 5.84 Å². The highest BCUT2D eigenvalue weighted by Crippen LogP contribution is 2.34. The highest BCUT2D eigenvalue weighted by molar-refractivity contribution is 6.29. The summed E-state index contributed by atoms with van der Waals surface area (Å²) in [6, 6.07) is 7.41. The number of nitrogens with two attached hydrogens (primary N) is 1. The van der Waals surface area contributed by atoms with E-state index >= 15 is 0 Å². The first-order chi connectivity index (χ1) is 8.67. The molecule has 96 valence electrons. The van der Waals surface area contributed by atoms with Crippen molar-refractivity contribution >= 4 is 11.6 Å². The summed E-state index contributed by atoms with van der Waals surface area (Å²) in [5, 5.41) is 0.321. The van der Waals surface area contributed by atoms with Gasteiger partial charge in [-0.2, -0.15) is 0 Å². The van der Waals surface area contributed by atoms with E-state index in [0.29, 0.717) is 5.22 Å².